The molecule has 0 aliphatic heterocycles. The molecule has 1 unspecified atom stereocenters. The van der Waals surface area contributed by atoms with Crippen LogP contribution in [0, 0.1) is 5.82 Å². The molecule has 0 aliphatic rings. The maximum absolute atomic E-state index is 14.6. The number of aliphatic hydroxyl groups is 1. The van der Waals surface area contributed by atoms with Gasteiger partial charge in [-0.25, -0.2) is 14.4 Å². The van der Waals surface area contributed by atoms with Crippen molar-refractivity contribution in [2.75, 3.05) is 18.9 Å². The summed E-state index contributed by atoms with van der Waals surface area (Å²) in [6, 6.07) is 3.25. The molecule has 8 heteroatoms. The van der Waals surface area contributed by atoms with E-state index in [9.17, 15) is 9.50 Å². The van der Waals surface area contributed by atoms with Gasteiger partial charge in [-0.1, -0.05) is 13.3 Å². The average molecular weight is 386 g/mol. The molecular weight excluding hydrogens is 359 g/mol. The summed E-state index contributed by atoms with van der Waals surface area (Å²) in [7, 11) is 1.90. The van der Waals surface area contributed by atoms with Crippen molar-refractivity contribution in [1.82, 2.24) is 24.7 Å². The third kappa shape index (κ3) is 4.28. The van der Waals surface area contributed by atoms with Crippen molar-refractivity contribution in [3.63, 3.8) is 0 Å². The third-order valence-electron chi connectivity index (χ3n) is 4.55. The largest absolute Gasteiger partial charge is 0.384 e. The summed E-state index contributed by atoms with van der Waals surface area (Å²) in [4.78, 5) is 13.0. The highest BCUT2D eigenvalue weighted by Crippen LogP contribution is 2.26. The van der Waals surface area contributed by atoms with Crippen LogP contribution in [-0.4, -0.2) is 44.1 Å². The highest BCUT2D eigenvalue weighted by molar-refractivity contribution is 5.62. The van der Waals surface area contributed by atoms with Gasteiger partial charge in [0.05, 0.1) is 23.8 Å². The lowest BCUT2D eigenvalue weighted by Crippen LogP contribution is -2.31. The van der Waals surface area contributed by atoms with Gasteiger partial charge in [0.1, 0.15) is 17.1 Å². The SMILES string of the molecule is CCCC(CNC)Nc1ccc(F)c(-c2cnc3cnc(C(C)(C)O)cn23)n1. The maximum atomic E-state index is 14.6. The summed E-state index contributed by atoms with van der Waals surface area (Å²) in [5.41, 5.74) is 0.605. The number of halogens is 1. The molecule has 1 atom stereocenters. The summed E-state index contributed by atoms with van der Waals surface area (Å²) in [6.07, 6.45) is 6.80. The zero-order chi connectivity index (χ0) is 20.3. The number of fused-ring (bicyclic) bond motifs is 1. The summed E-state index contributed by atoms with van der Waals surface area (Å²) in [6.45, 7) is 6.21. The highest BCUT2D eigenvalue weighted by atomic mass is 19.1. The zero-order valence-electron chi connectivity index (χ0n) is 16.7. The van der Waals surface area contributed by atoms with Crippen LogP contribution in [0.2, 0.25) is 0 Å². The van der Waals surface area contributed by atoms with Crippen LogP contribution in [0.3, 0.4) is 0 Å². The minimum absolute atomic E-state index is 0.199. The van der Waals surface area contributed by atoms with Crippen molar-refractivity contribution in [2.45, 2.75) is 45.3 Å². The molecule has 7 nitrogen and oxygen atoms in total. The Morgan fingerprint density at radius 1 is 1.25 bits per heavy atom. The van der Waals surface area contributed by atoms with E-state index >= 15 is 0 Å². The third-order valence-corrected chi connectivity index (χ3v) is 4.55. The number of nitrogens with zero attached hydrogens (tertiary/aromatic N) is 4. The Labute approximate surface area is 164 Å². The van der Waals surface area contributed by atoms with E-state index in [4.69, 9.17) is 0 Å². The van der Waals surface area contributed by atoms with E-state index in [-0.39, 0.29) is 11.7 Å². The van der Waals surface area contributed by atoms with Gasteiger partial charge < -0.3 is 15.7 Å². The van der Waals surface area contributed by atoms with Crippen molar-refractivity contribution in [3.8, 4) is 11.4 Å². The molecule has 3 N–H and O–H groups in total. The predicted molar refractivity (Wildman–Crippen MR) is 108 cm³/mol. The Kier molecular flexibility index (Phi) is 5.90. The number of hydrogen-bond donors (Lipinski definition) is 3. The first kappa shape index (κ1) is 20.2. The average Bonchev–Trinajstić information content (AvgIpc) is 3.06. The molecule has 3 rings (SSSR count). The lowest BCUT2D eigenvalue weighted by molar-refractivity contribution is 0.0734. The normalized spacial score (nSPS) is 13.1. The Balaban J connectivity index is 2.01. The highest BCUT2D eigenvalue weighted by Gasteiger charge is 2.21. The monoisotopic (exact) mass is 386 g/mol. The number of nitrogens with one attached hydrogen (secondary N) is 2. The number of anilines is 1. The van der Waals surface area contributed by atoms with Gasteiger partial charge in [-0.3, -0.25) is 9.38 Å². The number of hydrogen-bond acceptors (Lipinski definition) is 6. The molecule has 0 saturated heterocycles. The molecule has 0 saturated carbocycles. The van der Waals surface area contributed by atoms with Crippen LogP contribution in [0.5, 0.6) is 0 Å². The van der Waals surface area contributed by atoms with Gasteiger partial charge in [0.15, 0.2) is 11.5 Å². The van der Waals surface area contributed by atoms with Crippen LogP contribution in [0.25, 0.3) is 17.0 Å². The van der Waals surface area contributed by atoms with Crippen LogP contribution in [0.1, 0.15) is 39.3 Å². The first-order chi connectivity index (χ1) is 13.3. The Hall–Kier alpha value is -2.58. The fourth-order valence-corrected chi connectivity index (χ4v) is 3.11. The van der Waals surface area contributed by atoms with E-state index in [0.717, 1.165) is 19.4 Å². The van der Waals surface area contributed by atoms with Crippen LogP contribution in [-0.2, 0) is 5.60 Å². The predicted octanol–water partition coefficient (Wildman–Crippen LogP) is 2.96. The number of rotatable bonds is 8. The lowest BCUT2D eigenvalue weighted by Gasteiger charge is -2.19. The van der Waals surface area contributed by atoms with Crippen LogP contribution < -0.4 is 10.6 Å². The molecule has 0 radical (unpaired) electrons. The Bertz CT molecular complexity index is 944. The molecule has 0 spiro atoms. The molecule has 28 heavy (non-hydrogen) atoms. The molecule has 0 amide bonds. The summed E-state index contributed by atoms with van der Waals surface area (Å²) >= 11 is 0. The van der Waals surface area contributed by atoms with Crippen LogP contribution in [0.15, 0.2) is 30.7 Å². The van der Waals surface area contributed by atoms with Gasteiger partial charge in [0.2, 0.25) is 0 Å². The summed E-state index contributed by atoms with van der Waals surface area (Å²) in [5, 5.41) is 16.8. The van der Waals surface area contributed by atoms with E-state index in [2.05, 4.69) is 32.5 Å². The molecule has 0 bridgehead atoms. The van der Waals surface area contributed by atoms with E-state index in [1.54, 1.807) is 42.9 Å². The van der Waals surface area contributed by atoms with E-state index in [0.29, 0.717) is 22.9 Å². The fraction of sp³-hybridized carbons (Fsp3) is 0.450. The van der Waals surface area contributed by atoms with Gasteiger partial charge >= 0.3 is 0 Å². The standard InChI is InChI=1S/C20H27FN6O/c1-5-6-13(9-22-4)25-17-8-7-14(21)19(26-17)15-10-24-18-11-23-16(12-27(15)18)20(2,3)28/h7-8,10-13,22,28H,5-6,9H2,1-4H3,(H,25,26). The van der Waals surface area contributed by atoms with E-state index < -0.39 is 11.4 Å². The summed E-state index contributed by atoms with van der Waals surface area (Å²) in [5.74, 6) is 0.173. The van der Waals surface area contributed by atoms with Gasteiger partial charge in [0, 0.05) is 18.8 Å². The van der Waals surface area contributed by atoms with Gasteiger partial charge in [-0.2, -0.15) is 0 Å². The Morgan fingerprint density at radius 2 is 2.04 bits per heavy atom. The van der Waals surface area contributed by atoms with Crippen molar-refractivity contribution in [2.24, 2.45) is 0 Å². The molecule has 0 fully saturated rings. The molecule has 3 aromatic heterocycles. The van der Waals surface area contributed by atoms with Gasteiger partial charge in [0.25, 0.3) is 0 Å². The van der Waals surface area contributed by atoms with Crippen LogP contribution >= 0.6 is 0 Å². The second kappa shape index (κ2) is 8.20. The minimum atomic E-state index is -1.12. The van der Waals surface area contributed by atoms with Crippen molar-refractivity contribution < 1.29 is 9.50 Å². The number of likely N-dealkylation sites (N-methyl/N-ethyl adjacent to an activating group) is 1. The molecule has 0 aromatic carbocycles. The molecule has 0 aliphatic carbocycles. The van der Waals surface area contributed by atoms with Crippen molar-refractivity contribution >= 4 is 11.5 Å². The first-order valence-corrected chi connectivity index (χ1v) is 9.47. The zero-order valence-corrected chi connectivity index (χ0v) is 16.7. The molecular formula is C20H27FN6O. The second-order valence-corrected chi connectivity index (χ2v) is 7.42. The topological polar surface area (TPSA) is 87.4 Å². The smallest absolute Gasteiger partial charge is 0.155 e. The molecule has 3 heterocycles. The fourth-order valence-electron chi connectivity index (χ4n) is 3.11. The van der Waals surface area contributed by atoms with Crippen LogP contribution in [0.4, 0.5) is 10.2 Å². The lowest BCUT2D eigenvalue weighted by atomic mass is 10.1. The van der Waals surface area contributed by atoms with E-state index in [1.165, 1.54) is 6.07 Å². The quantitative estimate of drug-likeness (QED) is 0.552. The van der Waals surface area contributed by atoms with Crippen molar-refractivity contribution in [1.29, 1.82) is 0 Å². The molecule has 150 valence electrons. The number of aromatic nitrogens is 4. The second-order valence-electron chi connectivity index (χ2n) is 7.42. The van der Waals surface area contributed by atoms with Crippen molar-refractivity contribution in [3.05, 3.63) is 42.2 Å². The number of imidazole rings is 1. The minimum Gasteiger partial charge on any atom is -0.384 e. The summed E-state index contributed by atoms with van der Waals surface area (Å²) < 4.78 is 16.3. The Morgan fingerprint density at radius 3 is 2.71 bits per heavy atom. The van der Waals surface area contributed by atoms with E-state index in [1.807, 2.05) is 7.05 Å². The first-order valence-electron chi connectivity index (χ1n) is 9.47. The van der Waals surface area contributed by atoms with Gasteiger partial charge in [-0.15, -0.1) is 0 Å². The molecule has 3 aromatic rings. The maximum Gasteiger partial charge on any atom is 0.155 e. The van der Waals surface area contributed by atoms with Gasteiger partial charge in [-0.05, 0) is 39.4 Å². The number of pyridine rings is 1.